The fourth-order valence-corrected chi connectivity index (χ4v) is 2.47. The average molecular weight is 320 g/mol. The van der Waals surface area contributed by atoms with Crippen LogP contribution in [0, 0.1) is 0 Å². The average Bonchev–Trinajstić information content (AvgIpc) is 2.60. The molecule has 0 heterocycles. The lowest BCUT2D eigenvalue weighted by Crippen LogP contribution is -2.19. The molecule has 3 aromatic carbocycles. The van der Waals surface area contributed by atoms with Crippen molar-refractivity contribution in [3.63, 3.8) is 0 Å². The third-order valence-electron chi connectivity index (χ3n) is 3.76. The fourth-order valence-electron chi connectivity index (χ4n) is 2.47. The van der Waals surface area contributed by atoms with Gasteiger partial charge in [0.2, 0.25) is 0 Å². The summed E-state index contributed by atoms with van der Waals surface area (Å²) in [4.78, 5) is 12.1. The number of benzene rings is 3. The molecule has 0 aliphatic carbocycles. The van der Waals surface area contributed by atoms with E-state index in [0.29, 0.717) is 11.3 Å². The maximum absolute atomic E-state index is 12.1. The predicted molar refractivity (Wildman–Crippen MR) is 93.4 cm³/mol. The van der Waals surface area contributed by atoms with Gasteiger partial charge in [0.25, 0.3) is 5.91 Å². The Balaban J connectivity index is 1.88. The van der Waals surface area contributed by atoms with Gasteiger partial charge in [-0.3, -0.25) is 4.79 Å². The number of carbonyl (C=O) groups excluding carboxylic acids is 1. The number of aromatic hydroxyl groups is 2. The molecule has 0 aliphatic heterocycles. The van der Waals surface area contributed by atoms with Crippen LogP contribution >= 0.6 is 0 Å². The number of hydrogen-bond donors (Lipinski definition) is 3. The van der Waals surface area contributed by atoms with E-state index < -0.39 is 5.91 Å². The summed E-state index contributed by atoms with van der Waals surface area (Å²) in [5, 5.41) is 25.8. The molecular formula is C19H16N2O3. The van der Waals surface area contributed by atoms with Gasteiger partial charge in [-0.05, 0) is 30.5 Å². The molecule has 0 radical (unpaired) electrons. The third kappa shape index (κ3) is 2.92. The normalized spacial score (nSPS) is 11.5. The highest BCUT2D eigenvalue weighted by Crippen LogP contribution is 2.28. The number of amides is 1. The summed E-state index contributed by atoms with van der Waals surface area (Å²) < 4.78 is 0. The number of fused-ring (bicyclic) bond motifs is 1. The number of nitrogens with zero attached hydrogens (tertiary/aromatic N) is 1. The summed E-state index contributed by atoms with van der Waals surface area (Å²) in [5.41, 5.74) is 3.52. The van der Waals surface area contributed by atoms with Gasteiger partial charge in [-0.1, -0.05) is 42.5 Å². The van der Waals surface area contributed by atoms with Gasteiger partial charge >= 0.3 is 0 Å². The fraction of sp³-hybridized carbons (Fsp3) is 0.0526. The second-order valence-corrected chi connectivity index (χ2v) is 5.34. The van der Waals surface area contributed by atoms with Crippen LogP contribution in [-0.4, -0.2) is 21.8 Å². The van der Waals surface area contributed by atoms with Gasteiger partial charge in [0.15, 0.2) is 0 Å². The van der Waals surface area contributed by atoms with Crippen molar-refractivity contribution in [1.82, 2.24) is 5.43 Å². The minimum atomic E-state index is -0.521. The molecule has 0 atom stereocenters. The maximum atomic E-state index is 12.1. The second-order valence-electron chi connectivity index (χ2n) is 5.34. The van der Waals surface area contributed by atoms with Gasteiger partial charge in [-0.25, -0.2) is 5.43 Å². The van der Waals surface area contributed by atoms with Crippen molar-refractivity contribution in [1.29, 1.82) is 0 Å². The highest BCUT2D eigenvalue weighted by Gasteiger charge is 2.11. The van der Waals surface area contributed by atoms with Crippen molar-refractivity contribution < 1.29 is 15.0 Å². The summed E-state index contributed by atoms with van der Waals surface area (Å²) in [6, 6.07) is 17.3. The Kier molecular flexibility index (Phi) is 4.16. The Labute approximate surface area is 138 Å². The second kappa shape index (κ2) is 6.42. The first-order chi connectivity index (χ1) is 11.6. The standard InChI is InChI=1S/C19H16N2O3/c1-12(20-21-19(24)16-8-4-5-9-17(16)22)14-11-10-13-6-2-3-7-15(13)18(14)23/h2-11,22-23H,1H3,(H,21,24)/b20-12+. The number of hydrogen-bond acceptors (Lipinski definition) is 4. The highest BCUT2D eigenvalue weighted by molar-refractivity contribution is 6.07. The largest absolute Gasteiger partial charge is 0.507 e. The molecule has 0 saturated carbocycles. The molecule has 120 valence electrons. The molecule has 3 N–H and O–H groups in total. The lowest BCUT2D eigenvalue weighted by molar-refractivity contribution is 0.0952. The van der Waals surface area contributed by atoms with Gasteiger partial charge in [0, 0.05) is 10.9 Å². The van der Waals surface area contributed by atoms with Crippen molar-refractivity contribution in [3.8, 4) is 11.5 Å². The number of phenolic OH excluding ortho intramolecular Hbond substituents is 2. The molecular weight excluding hydrogens is 304 g/mol. The van der Waals surface area contributed by atoms with Gasteiger partial charge in [0.05, 0.1) is 11.3 Å². The summed E-state index contributed by atoms with van der Waals surface area (Å²) in [5.74, 6) is -0.518. The lowest BCUT2D eigenvalue weighted by atomic mass is 10.0. The molecule has 0 aliphatic rings. The van der Waals surface area contributed by atoms with Crippen molar-refractivity contribution in [2.75, 3.05) is 0 Å². The first-order valence-corrected chi connectivity index (χ1v) is 7.41. The Morgan fingerprint density at radius 1 is 0.917 bits per heavy atom. The van der Waals surface area contributed by atoms with E-state index in [2.05, 4.69) is 10.5 Å². The Morgan fingerprint density at radius 2 is 1.62 bits per heavy atom. The lowest BCUT2D eigenvalue weighted by Gasteiger charge is -2.08. The number of rotatable bonds is 3. The summed E-state index contributed by atoms with van der Waals surface area (Å²) >= 11 is 0. The minimum Gasteiger partial charge on any atom is -0.507 e. The molecule has 24 heavy (non-hydrogen) atoms. The summed E-state index contributed by atoms with van der Waals surface area (Å²) in [6.45, 7) is 1.69. The van der Waals surface area contributed by atoms with E-state index in [0.717, 1.165) is 10.8 Å². The van der Waals surface area contributed by atoms with Crippen LogP contribution in [-0.2, 0) is 0 Å². The Bertz CT molecular complexity index is 948. The van der Waals surface area contributed by atoms with Gasteiger partial charge < -0.3 is 10.2 Å². The zero-order valence-electron chi connectivity index (χ0n) is 13.0. The molecule has 5 nitrogen and oxygen atoms in total. The molecule has 0 unspecified atom stereocenters. The quantitative estimate of drug-likeness (QED) is 0.511. The van der Waals surface area contributed by atoms with Crippen LogP contribution < -0.4 is 5.43 Å². The van der Waals surface area contributed by atoms with Crippen LogP contribution in [0.4, 0.5) is 0 Å². The van der Waals surface area contributed by atoms with E-state index in [-0.39, 0.29) is 17.1 Å². The number of carbonyl (C=O) groups is 1. The minimum absolute atomic E-state index is 0.114. The molecule has 3 rings (SSSR count). The van der Waals surface area contributed by atoms with E-state index in [1.54, 1.807) is 25.1 Å². The van der Waals surface area contributed by atoms with E-state index >= 15 is 0 Å². The van der Waals surface area contributed by atoms with Crippen LogP contribution in [0.3, 0.4) is 0 Å². The first kappa shape index (κ1) is 15.6. The molecule has 3 aromatic rings. The Hall–Kier alpha value is -3.34. The highest BCUT2D eigenvalue weighted by atomic mass is 16.3. The van der Waals surface area contributed by atoms with Crippen LogP contribution in [0.2, 0.25) is 0 Å². The molecule has 5 heteroatoms. The van der Waals surface area contributed by atoms with Crippen molar-refractivity contribution >= 4 is 22.4 Å². The van der Waals surface area contributed by atoms with E-state index in [1.165, 1.54) is 12.1 Å². The Morgan fingerprint density at radius 3 is 2.42 bits per heavy atom. The summed E-state index contributed by atoms with van der Waals surface area (Å²) in [7, 11) is 0. The third-order valence-corrected chi connectivity index (χ3v) is 3.76. The van der Waals surface area contributed by atoms with Crippen LogP contribution in [0.1, 0.15) is 22.8 Å². The van der Waals surface area contributed by atoms with Crippen LogP contribution in [0.5, 0.6) is 11.5 Å². The van der Waals surface area contributed by atoms with Crippen molar-refractivity contribution in [2.24, 2.45) is 5.10 Å². The monoisotopic (exact) mass is 320 g/mol. The van der Waals surface area contributed by atoms with Crippen molar-refractivity contribution in [3.05, 3.63) is 71.8 Å². The number of phenols is 2. The SMILES string of the molecule is C/C(=N\NC(=O)c1ccccc1O)c1ccc2ccccc2c1O. The van der Waals surface area contributed by atoms with Gasteiger partial charge in [-0.15, -0.1) is 0 Å². The molecule has 0 saturated heterocycles. The van der Waals surface area contributed by atoms with E-state index in [4.69, 9.17) is 0 Å². The smallest absolute Gasteiger partial charge is 0.275 e. The van der Waals surface area contributed by atoms with Crippen molar-refractivity contribution in [2.45, 2.75) is 6.92 Å². The molecule has 0 spiro atoms. The molecule has 0 aromatic heterocycles. The number of para-hydroxylation sites is 1. The van der Waals surface area contributed by atoms with Crippen LogP contribution in [0.15, 0.2) is 65.8 Å². The van der Waals surface area contributed by atoms with Gasteiger partial charge in [0.1, 0.15) is 11.5 Å². The molecule has 0 fully saturated rings. The molecule has 0 bridgehead atoms. The zero-order chi connectivity index (χ0) is 17.1. The van der Waals surface area contributed by atoms with Gasteiger partial charge in [-0.2, -0.15) is 5.10 Å². The van der Waals surface area contributed by atoms with E-state index in [9.17, 15) is 15.0 Å². The number of nitrogens with one attached hydrogen (secondary N) is 1. The van der Waals surface area contributed by atoms with E-state index in [1.807, 2.05) is 30.3 Å². The van der Waals surface area contributed by atoms with Crippen LogP contribution in [0.25, 0.3) is 10.8 Å². The number of hydrazone groups is 1. The molecule has 1 amide bonds. The first-order valence-electron chi connectivity index (χ1n) is 7.41. The predicted octanol–water partition coefficient (Wildman–Crippen LogP) is 3.41. The maximum Gasteiger partial charge on any atom is 0.275 e. The topological polar surface area (TPSA) is 81.9 Å². The zero-order valence-corrected chi connectivity index (χ0v) is 13.0. The summed E-state index contributed by atoms with van der Waals surface area (Å²) in [6.07, 6.45) is 0.